The summed E-state index contributed by atoms with van der Waals surface area (Å²) in [6.07, 6.45) is 1.08. The smallest absolute Gasteiger partial charge is 0.0719 e. The average molecular weight is 235 g/mol. The molecule has 1 aromatic carbocycles. The number of rotatable bonds is 8. The molecule has 1 N–H and O–H groups in total. The zero-order valence-electron chi connectivity index (χ0n) is 11.3. The lowest BCUT2D eigenvalue weighted by molar-refractivity contribution is 0.133. The molecule has 0 aliphatic rings. The molecule has 1 rings (SSSR count). The Bertz CT molecular complexity index is 310. The summed E-state index contributed by atoms with van der Waals surface area (Å²) in [5, 5.41) is 3.48. The highest BCUT2D eigenvalue weighted by Crippen LogP contribution is 2.10. The fourth-order valence-corrected chi connectivity index (χ4v) is 1.77. The molecule has 0 heterocycles. The van der Waals surface area contributed by atoms with Gasteiger partial charge in [0.25, 0.3) is 0 Å². The quantitative estimate of drug-likeness (QED) is 0.699. The molecule has 0 aliphatic heterocycles. The van der Waals surface area contributed by atoms with E-state index in [1.807, 2.05) is 6.92 Å². The normalized spacial score (nSPS) is 11.1. The van der Waals surface area contributed by atoms with Gasteiger partial charge in [0.05, 0.1) is 6.61 Å². The van der Waals surface area contributed by atoms with Crippen molar-refractivity contribution in [3.63, 3.8) is 0 Å². The first-order chi connectivity index (χ1) is 8.24. The molecular weight excluding hydrogens is 210 g/mol. The molecule has 2 nitrogen and oxygen atoms in total. The first-order valence-electron chi connectivity index (χ1n) is 6.59. The highest BCUT2D eigenvalue weighted by molar-refractivity contribution is 5.26. The third kappa shape index (κ3) is 5.85. The van der Waals surface area contributed by atoms with Crippen molar-refractivity contribution in [1.82, 2.24) is 5.32 Å². The lowest BCUT2D eigenvalue weighted by Gasteiger charge is -2.11. The monoisotopic (exact) mass is 235 g/mol. The number of hydrogen-bond acceptors (Lipinski definition) is 2. The Morgan fingerprint density at radius 2 is 1.88 bits per heavy atom. The second kappa shape index (κ2) is 8.26. The Kier molecular flexibility index (Phi) is 6.90. The van der Waals surface area contributed by atoms with Crippen molar-refractivity contribution < 1.29 is 4.74 Å². The van der Waals surface area contributed by atoms with Crippen LogP contribution in [0.25, 0.3) is 0 Å². The van der Waals surface area contributed by atoms with Gasteiger partial charge in [-0.05, 0) is 43.5 Å². The van der Waals surface area contributed by atoms with Crippen LogP contribution < -0.4 is 5.32 Å². The summed E-state index contributed by atoms with van der Waals surface area (Å²) in [5.41, 5.74) is 2.72. The largest absolute Gasteiger partial charge is 0.377 e. The van der Waals surface area contributed by atoms with Gasteiger partial charge in [0.2, 0.25) is 0 Å². The third-order valence-corrected chi connectivity index (χ3v) is 2.70. The van der Waals surface area contributed by atoms with Gasteiger partial charge in [0.15, 0.2) is 0 Å². The Hall–Kier alpha value is -0.860. The summed E-state index contributed by atoms with van der Waals surface area (Å²) < 4.78 is 5.48. The summed E-state index contributed by atoms with van der Waals surface area (Å²) in [6, 6.07) is 8.55. The van der Waals surface area contributed by atoms with E-state index in [-0.39, 0.29) is 0 Å². The fourth-order valence-electron chi connectivity index (χ4n) is 1.77. The molecule has 1 aromatic rings. The van der Waals surface area contributed by atoms with Gasteiger partial charge >= 0.3 is 0 Å². The van der Waals surface area contributed by atoms with Crippen molar-refractivity contribution in [2.45, 2.75) is 33.8 Å². The molecule has 0 saturated carbocycles. The highest BCUT2D eigenvalue weighted by Gasteiger charge is 2.01. The van der Waals surface area contributed by atoms with E-state index in [0.29, 0.717) is 5.92 Å². The van der Waals surface area contributed by atoms with Gasteiger partial charge < -0.3 is 10.1 Å². The SMILES string of the molecule is CCOCc1ccccc1CCNCC(C)C. The maximum absolute atomic E-state index is 5.48. The molecule has 17 heavy (non-hydrogen) atoms. The van der Waals surface area contributed by atoms with Crippen LogP contribution in [0.5, 0.6) is 0 Å². The van der Waals surface area contributed by atoms with Crippen molar-refractivity contribution in [1.29, 1.82) is 0 Å². The molecule has 0 saturated heterocycles. The van der Waals surface area contributed by atoms with E-state index in [4.69, 9.17) is 4.74 Å². The Morgan fingerprint density at radius 3 is 2.53 bits per heavy atom. The van der Waals surface area contributed by atoms with Crippen molar-refractivity contribution in [3.8, 4) is 0 Å². The predicted octanol–water partition coefficient (Wildman–Crippen LogP) is 3.01. The standard InChI is InChI=1S/C15H25NO/c1-4-17-12-15-8-6-5-7-14(15)9-10-16-11-13(2)3/h5-8,13,16H,4,9-12H2,1-3H3. The third-order valence-electron chi connectivity index (χ3n) is 2.70. The lowest BCUT2D eigenvalue weighted by Crippen LogP contribution is -2.22. The van der Waals surface area contributed by atoms with E-state index in [1.54, 1.807) is 0 Å². The van der Waals surface area contributed by atoms with Gasteiger partial charge in [0, 0.05) is 6.61 Å². The lowest BCUT2D eigenvalue weighted by atomic mass is 10.1. The first kappa shape index (κ1) is 14.2. The highest BCUT2D eigenvalue weighted by atomic mass is 16.5. The second-order valence-electron chi connectivity index (χ2n) is 4.75. The van der Waals surface area contributed by atoms with Crippen LogP contribution in [0.2, 0.25) is 0 Å². The summed E-state index contributed by atoms with van der Waals surface area (Å²) in [4.78, 5) is 0. The summed E-state index contributed by atoms with van der Waals surface area (Å²) in [6.45, 7) is 10.1. The van der Waals surface area contributed by atoms with Crippen LogP contribution in [-0.2, 0) is 17.8 Å². The van der Waals surface area contributed by atoms with Crippen LogP contribution in [0, 0.1) is 5.92 Å². The van der Waals surface area contributed by atoms with Crippen molar-refractivity contribution >= 4 is 0 Å². The maximum atomic E-state index is 5.48. The summed E-state index contributed by atoms with van der Waals surface area (Å²) >= 11 is 0. The number of nitrogens with one attached hydrogen (secondary N) is 1. The van der Waals surface area contributed by atoms with Gasteiger partial charge in [-0.3, -0.25) is 0 Å². The Labute approximate surface area is 105 Å². The van der Waals surface area contributed by atoms with E-state index in [9.17, 15) is 0 Å². The zero-order chi connectivity index (χ0) is 12.5. The molecule has 0 spiro atoms. The molecule has 0 bridgehead atoms. The van der Waals surface area contributed by atoms with Crippen LogP contribution in [0.3, 0.4) is 0 Å². The van der Waals surface area contributed by atoms with Gasteiger partial charge in [-0.2, -0.15) is 0 Å². The molecule has 0 aliphatic carbocycles. The molecule has 0 fully saturated rings. The predicted molar refractivity (Wildman–Crippen MR) is 73.2 cm³/mol. The molecule has 0 amide bonds. The van der Waals surface area contributed by atoms with E-state index >= 15 is 0 Å². The molecule has 0 atom stereocenters. The molecule has 0 unspecified atom stereocenters. The van der Waals surface area contributed by atoms with E-state index in [0.717, 1.165) is 32.7 Å². The number of ether oxygens (including phenoxy) is 1. The maximum Gasteiger partial charge on any atom is 0.0719 e. The minimum Gasteiger partial charge on any atom is -0.377 e. The van der Waals surface area contributed by atoms with E-state index in [2.05, 4.69) is 43.4 Å². The van der Waals surface area contributed by atoms with Gasteiger partial charge in [-0.15, -0.1) is 0 Å². The zero-order valence-corrected chi connectivity index (χ0v) is 11.3. The van der Waals surface area contributed by atoms with Crippen LogP contribution >= 0.6 is 0 Å². The van der Waals surface area contributed by atoms with Crippen LogP contribution in [0.1, 0.15) is 31.9 Å². The second-order valence-corrected chi connectivity index (χ2v) is 4.75. The first-order valence-corrected chi connectivity index (χ1v) is 6.59. The summed E-state index contributed by atoms with van der Waals surface area (Å²) in [5.74, 6) is 0.716. The Morgan fingerprint density at radius 1 is 1.18 bits per heavy atom. The minimum absolute atomic E-state index is 0.716. The summed E-state index contributed by atoms with van der Waals surface area (Å²) in [7, 11) is 0. The number of benzene rings is 1. The van der Waals surface area contributed by atoms with E-state index < -0.39 is 0 Å². The minimum atomic E-state index is 0.716. The topological polar surface area (TPSA) is 21.3 Å². The Balaban J connectivity index is 2.40. The molecule has 2 heteroatoms. The molecule has 0 aromatic heterocycles. The van der Waals surface area contributed by atoms with Crippen molar-refractivity contribution in [2.24, 2.45) is 5.92 Å². The van der Waals surface area contributed by atoms with Crippen LogP contribution in [-0.4, -0.2) is 19.7 Å². The van der Waals surface area contributed by atoms with E-state index in [1.165, 1.54) is 11.1 Å². The van der Waals surface area contributed by atoms with Crippen LogP contribution in [0.15, 0.2) is 24.3 Å². The van der Waals surface area contributed by atoms with Crippen LogP contribution in [0.4, 0.5) is 0 Å². The average Bonchev–Trinajstić information content (AvgIpc) is 2.33. The van der Waals surface area contributed by atoms with Gasteiger partial charge in [-0.1, -0.05) is 38.1 Å². The van der Waals surface area contributed by atoms with Crippen molar-refractivity contribution in [3.05, 3.63) is 35.4 Å². The van der Waals surface area contributed by atoms with Gasteiger partial charge in [-0.25, -0.2) is 0 Å². The molecule has 0 radical (unpaired) electrons. The molecule has 96 valence electrons. The van der Waals surface area contributed by atoms with Crippen molar-refractivity contribution in [2.75, 3.05) is 19.7 Å². The number of hydrogen-bond donors (Lipinski definition) is 1. The molecular formula is C15H25NO. The fraction of sp³-hybridized carbons (Fsp3) is 0.600. The van der Waals surface area contributed by atoms with Gasteiger partial charge in [0.1, 0.15) is 0 Å².